The van der Waals surface area contributed by atoms with Gasteiger partial charge in [-0.05, 0) is 6.07 Å². The Labute approximate surface area is 97.6 Å². The second-order valence-corrected chi connectivity index (χ2v) is 3.15. The van der Waals surface area contributed by atoms with Crippen molar-refractivity contribution >= 4 is 11.8 Å². The molecule has 2 N–H and O–H groups in total. The SMILES string of the molecule is COC(=O)c1cc(C(F)F)c(C(F)(F)F)c(N)n1. The Kier molecular flexibility index (Phi) is 3.73. The number of rotatable bonds is 2. The molecule has 0 bridgehead atoms. The molecule has 0 aliphatic heterocycles. The Hall–Kier alpha value is -1.93. The summed E-state index contributed by atoms with van der Waals surface area (Å²) in [6.45, 7) is 0. The number of nitrogen functional groups attached to an aromatic ring is 1. The zero-order valence-electron chi connectivity index (χ0n) is 8.89. The largest absolute Gasteiger partial charge is 0.464 e. The summed E-state index contributed by atoms with van der Waals surface area (Å²) in [5.74, 6) is -2.35. The molecule has 0 unspecified atom stereocenters. The van der Waals surface area contributed by atoms with E-state index in [-0.39, 0.29) is 0 Å². The van der Waals surface area contributed by atoms with Gasteiger partial charge in [-0.3, -0.25) is 0 Å². The van der Waals surface area contributed by atoms with E-state index in [1.54, 1.807) is 0 Å². The van der Waals surface area contributed by atoms with Crippen LogP contribution in [0.5, 0.6) is 0 Å². The highest BCUT2D eigenvalue weighted by molar-refractivity contribution is 5.88. The van der Waals surface area contributed by atoms with Gasteiger partial charge in [0, 0.05) is 5.56 Å². The van der Waals surface area contributed by atoms with Crippen LogP contribution in [0.4, 0.5) is 27.8 Å². The Bertz CT molecular complexity index is 473. The minimum atomic E-state index is -5.09. The van der Waals surface area contributed by atoms with E-state index in [1.807, 2.05) is 0 Å². The first kappa shape index (κ1) is 14.1. The van der Waals surface area contributed by atoms with Gasteiger partial charge in [-0.25, -0.2) is 18.6 Å². The van der Waals surface area contributed by atoms with E-state index in [0.29, 0.717) is 6.07 Å². The van der Waals surface area contributed by atoms with Crippen molar-refractivity contribution in [3.05, 3.63) is 22.9 Å². The third kappa shape index (κ3) is 2.66. The van der Waals surface area contributed by atoms with Crippen LogP contribution in [0.2, 0.25) is 0 Å². The molecule has 1 rings (SSSR count). The predicted molar refractivity (Wildman–Crippen MR) is 49.9 cm³/mol. The molecule has 0 atom stereocenters. The van der Waals surface area contributed by atoms with E-state index in [9.17, 15) is 26.7 Å². The molecule has 9 heteroatoms. The van der Waals surface area contributed by atoms with Crippen molar-refractivity contribution in [2.24, 2.45) is 0 Å². The van der Waals surface area contributed by atoms with E-state index < -0.39 is 41.2 Å². The molecule has 1 aromatic rings. The number of hydrogen-bond acceptors (Lipinski definition) is 4. The van der Waals surface area contributed by atoms with Crippen LogP contribution in [0.3, 0.4) is 0 Å². The summed E-state index contributed by atoms with van der Waals surface area (Å²) in [4.78, 5) is 14.1. The van der Waals surface area contributed by atoms with Crippen molar-refractivity contribution in [2.45, 2.75) is 12.6 Å². The van der Waals surface area contributed by atoms with Gasteiger partial charge in [-0.2, -0.15) is 13.2 Å². The number of carbonyl (C=O) groups is 1. The zero-order chi connectivity index (χ0) is 14.1. The first-order valence-corrected chi connectivity index (χ1v) is 4.42. The molecule has 100 valence electrons. The number of anilines is 1. The van der Waals surface area contributed by atoms with Gasteiger partial charge >= 0.3 is 12.1 Å². The maximum Gasteiger partial charge on any atom is 0.420 e. The zero-order valence-corrected chi connectivity index (χ0v) is 8.89. The lowest BCUT2D eigenvalue weighted by molar-refractivity contribution is -0.139. The fraction of sp³-hybridized carbons (Fsp3) is 0.333. The summed E-state index contributed by atoms with van der Waals surface area (Å²) in [6.07, 6.45) is -8.53. The number of esters is 1. The highest BCUT2D eigenvalue weighted by Crippen LogP contribution is 2.39. The van der Waals surface area contributed by atoms with E-state index in [2.05, 4.69) is 9.72 Å². The highest BCUT2D eigenvalue weighted by atomic mass is 19.4. The van der Waals surface area contributed by atoms with E-state index in [0.717, 1.165) is 7.11 Å². The number of halogens is 5. The minimum Gasteiger partial charge on any atom is -0.464 e. The third-order valence-electron chi connectivity index (χ3n) is 1.99. The molecule has 18 heavy (non-hydrogen) atoms. The summed E-state index contributed by atoms with van der Waals surface area (Å²) in [5, 5.41) is 0. The Balaban J connectivity index is 3.51. The highest BCUT2D eigenvalue weighted by Gasteiger charge is 2.39. The number of aromatic nitrogens is 1. The van der Waals surface area contributed by atoms with Gasteiger partial charge in [0.1, 0.15) is 11.4 Å². The van der Waals surface area contributed by atoms with Crippen molar-refractivity contribution in [3.8, 4) is 0 Å². The summed E-state index contributed by atoms with van der Waals surface area (Å²) >= 11 is 0. The topological polar surface area (TPSA) is 65.2 Å². The van der Waals surface area contributed by atoms with Crippen LogP contribution >= 0.6 is 0 Å². The lowest BCUT2D eigenvalue weighted by Crippen LogP contribution is -2.17. The smallest absolute Gasteiger partial charge is 0.420 e. The molecular weight excluding hydrogens is 263 g/mol. The van der Waals surface area contributed by atoms with Crippen LogP contribution in [-0.4, -0.2) is 18.1 Å². The number of nitrogens with two attached hydrogens (primary N) is 1. The average molecular weight is 270 g/mol. The Morgan fingerprint density at radius 1 is 1.44 bits per heavy atom. The lowest BCUT2D eigenvalue weighted by atomic mass is 10.1. The van der Waals surface area contributed by atoms with Crippen LogP contribution in [0.25, 0.3) is 0 Å². The van der Waals surface area contributed by atoms with Crippen molar-refractivity contribution in [3.63, 3.8) is 0 Å². The molecule has 0 saturated heterocycles. The molecule has 0 radical (unpaired) electrons. The summed E-state index contributed by atoms with van der Waals surface area (Å²) in [6, 6.07) is 0.315. The van der Waals surface area contributed by atoms with Gasteiger partial charge in [0.2, 0.25) is 0 Å². The van der Waals surface area contributed by atoms with Crippen molar-refractivity contribution in [2.75, 3.05) is 12.8 Å². The van der Waals surface area contributed by atoms with Crippen LogP contribution in [0, 0.1) is 0 Å². The summed E-state index contributed by atoms with van der Waals surface area (Å²) in [7, 11) is 0.930. The Morgan fingerprint density at radius 3 is 2.39 bits per heavy atom. The molecule has 0 fully saturated rings. The minimum absolute atomic E-state index is 0.315. The second-order valence-electron chi connectivity index (χ2n) is 3.15. The van der Waals surface area contributed by atoms with Crippen molar-refractivity contribution in [1.29, 1.82) is 0 Å². The van der Waals surface area contributed by atoms with E-state index >= 15 is 0 Å². The Morgan fingerprint density at radius 2 is 2.00 bits per heavy atom. The maximum absolute atomic E-state index is 12.5. The first-order chi connectivity index (χ1) is 8.18. The fourth-order valence-electron chi connectivity index (χ4n) is 1.28. The molecule has 0 saturated carbocycles. The average Bonchev–Trinajstić information content (AvgIpc) is 2.24. The quantitative estimate of drug-likeness (QED) is 0.662. The van der Waals surface area contributed by atoms with Gasteiger partial charge in [0.25, 0.3) is 6.43 Å². The monoisotopic (exact) mass is 270 g/mol. The van der Waals surface area contributed by atoms with Gasteiger partial charge in [-0.1, -0.05) is 0 Å². The molecule has 1 heterocycles. The lowest BCUT2D eigenvalue weighted by Gasteiger charge is -2.15. The van der Waals surface area contributed by atoms with Crippen LogP contribution in [-0.2, 0) is 10.9 Å². The molecule has 0 aliphatic carbocycles. The fourth-order valence-corrected chi connectivity index (χ4v) is 1.28. The number of alkyl halides is 5. The predicted octanol–water partition coefficient (Wildman–Crippen LogP) is 2.41. The van der Waals surface area contributed by atoms with Gasteiger partial charge in [0.05, 0.1) is 7.11 Å². The van der Waals surface area contributed by atoms with E-state index in [4.69, 9.17) is 5.73 Å². The normalized spacial score (nSPS) is 11.7. The number of ether oxygens (including phenoxy) is 1. The molecular formula is C9H7F5N2O2. The van der Waals surface area contributed by atoms with Crippen molar-refractivity contribution < 1.29 is 31.5 Å². The number of pyridine rings is 1. The standard InChI is InChI=1S/C9H7F5N2O2/c1-18-8(17)4-2-3(6(10)11)5(7(15)16-4)9(12,13)14/h2,6H,1H3,(H2,15,16). The van der Waals surface area contributed by atoms with E-state index in [1.165, 1.54) is 0 Å². The molecule has 0 aromatic carbocycles. The third-order valence-corrected chi connectivity index (χ3v) is 1.99. The number of nitrogens with zero attached hydrogens (tertiary/aromatic N) is 1. The maximum atomic E-state index is 12.5. The first-order valence-electron chi connectivity index (χ1n) is 4.42. The van der Waals surface area contributed by atoms with Crippen LogP contribution < -0.4 is 5.73 Å². The molecule has 0 amide bonds. The summed E-state index contributed by atoms with van der Waals surface area (Å²) < 4.78 is 66.8. The van der Waals surface area contributed by atoms with Gasteiger partial charge in [-0.15, -0.1) is 0 Å². The van der Waals surface area contributed by atoms with Gasteiger partial charge < -0.3 is 10.5 Å². The molecule has 0 aliphatic rings. The van der Waals surface area contributed by atoms with Crippen LogP contribution in [0.1, 0.15) is 28.0 Å². The number of hydrogen-bond donors (Lipinski definition) is 1. The number of methoxy groups -OCH3 is 1. The number of carbonyl (C=O) groups excluding carboxylic acids is 1. The van der Waals surface area contributed by atoms with Crippen LogP contribution in [0.15, 0.2) is 6.07 Å². The molecule has 4 nitrogen and oxygen atoms in total. The second kappa shape index (κ2) is 4.75. The van der Waals surface area contributed by atoms with Gasteiger partial charge in [0.15, 0.2) is 5.69 Å². The molecule has 1 aromatic heterocycles. The molecule has 0 spiro atoms. The van der Waals surface area contributed by atoms with Crippen molar-refractivity contribution in [1.82, 2.24) is 4.98 Å². The summed E-state index contributed by atoms with van der Waals surface area (Å²) in [5.41, 5.74) is 1.10.